The highest BCUT2D eigenvalue weighted by atomic mass is 15.4. The van der Waals surface area contributed by atoms with Crippen LogP contribution in [0.25, 0.3) is 17.2 Å². The first-order chi connectivity index (χ1) is 11.3. The molecule has 0 bridgehead atoms. The summed E-state index contributed by atoms with van der Waals surface area (Å²) in [6.07, 6.45) is 0. The number of rotatable bonds is 3. The first kappa shape index (κ1) is 13.5. The summed E-state index contributed by atoms with van der Waals surface area (Å²) in [5.41, 5.74) is 2.86. The van der Waals surface area contributed by atoms with Crippen LogP contribution in [0.2, 0.25) is 0 Å². The molecule has 0 saturated carbocycles. The van der Waals surface area contributed by atoms with Crippen molar-refractivity contribution in [2.24, 2.45) is 0 Å². The van der Waals surface area contributed by atoms with Crippen LogP contribution in [-0.4, -0.2) is 19.6 Å². The molecule has 0 spiro atoms. The third-order valence-electron chi connectivity index (χ3n) is 3.52. The van der Waals surface area contributed by atoms with Crippen molar-refractivity contribution in [1.29, 1.82) is 0 Å². The lowest BCUT2D eigenvalue weighted by Crippen LogP contribution is -2.02. The fourth-order valence-corrected chi connectivity index (χ4v) is 2.45. The molecule has 0 radical (unpaired) electrons. The number of hydrogen-bond acceptors (Lipinski definition) is 4. The zero-order valence-electron chi connectivity index (χ0n) is 12.6. The van der Waals surface area contributed by atoms with E-state index in [1.807, 2.05) is 73.7 Å². The molecule has 2 aromatic heterocycles. The van der Waals surface area contributed by atoms with Crippen molar-refractivity contribution in [1.82, 2.24) is 19.6 Å². The van der Waals surface area contributed by atoms with Gasteiger partial charge >= 0.3 is 0 Å². The highest BCUT2D eigenvalue weighted by Crippen LogP contribution is 2.21. The Morgan fingerprint density at radius 3 is 2.30 bits per heavy atom. The van der Waals surface area contributed by atoms with Gasteiger partial charge in [0, 0.05) is 23.0 Å². The number of nitrogens with zero attached hydrogens (tertiary/aromatic N) is 4. The van der Waals surface area contributed by atoms with Crippen LogP contribution in [0.5, 0.6) is 0 Å². The largest absolute Gasteiger partial charge is 0.340 e. The van der Waals surface area contributed by atoms with E-state index in [1.54, 1.807) is 4.52 Å². The zero-order chi connectivity index (χ0) is 15.6. The molecule has 4 aromatic rings. The monoisotopic (exact) mass is 301 g/mol. The van der Waals surface area contributed by atoms with Crippen LogP contribution in [0.4, 0.5) is 11.5 Å². The molecule has 4 rings (SSSR count). The average Bonchev–Trinajstić information content (AvgIpc) is 3.01. The maximum atomic E-state index is 4.60. The van der Waals surface area contributed by atoms with E-state index >= 15 is 0 Å². The summed E-state index contributed by atoms with van der Waals surface area (Å²) in [6, 6.07) is 21.9. The van der Waals surface area contributed by atoms with Crippen molar-refractivity contribution >= 4 is 17.3 Å². The normalized spacial score (nSPS) is 10.8. The van der Waals surface area contributed by atoms with Gasteiger partial charge < -0.3 is 5.32 Å². The fourth-order valence-electron chi connectivity index (χ4n) is 2.45. The molecule has 0 aliphatic carbocycles. The maximum Gasteiger partial charge on any atom is 0.254 e. The highest BCUT2D eigenvalue weighted by molar-refractivity contribution is 5.62. The zero-order valence-corrected chi connectivity index (χ0v) is 12.6. The Morgan fingerprint density at radius 2 is 1.57 bits per heavy atom. The summed E-state index contributed by atoms with van der Waals surface area (Å²) in [7, 11) is 0. The van der Waals surface area contributed by atoms with Gasteiger partial charge in [0.2, 0.25) is 0 Å². The summed E-state index contributed by atoms with van der Waals surface area (Å²) in [5.74, 6) is 2.09. The van der Waals surface area contributed by atoms with Gasteiger partial charge in [0.05, 0.1) is 0 Å². The Bertz CT molecular complexity index is 945. The molecule has 5 nitrogen and oxygen atoms in total. The lowest BCUT2D eigenvalue weighted by atomic mass is 10.2. The van der Waals surface area contributed by atoms with Crippen LogP contribution >= 0.6 is 0 Å². The molecule has 1 N–H and O–H groups in total. The quantitative estimate of drug-likeness (QED) is 0.624. The van der Waals surface area contributed by atoms with Crippen LogP contribution in [0.3, 0.4) is 0 Å². The SMILES string of the molecule is Cc1cc(Nc2ccccc2)n2nc(-c3ccccc3)nc2n1. The standard InChI is InChI=1S/C18H15N5/c1-13-12-16(20-15-10-6-3-7-11-15)23-18(19-13)21-17(22-23)14-8-4-2-5-9-14/h2-12,20H,1H3. The molecule has 23 heavy (non-hydrogen) atoms. The summed E-state index contributed by atoms with van der Waals surface area (Å²) in [6.45, 7) is 1.95. The van der Waals surface area contributed by atoms with E-state index < -0.39 is 0 Å². The van der Waals surface area contributed by atoms with Gasteiger partial charge in [-0.05, 0) is 19.1 Å². The second-order valence-corrected chi connectivity index (χ2v) is 5.29. The third kappa shape index (κ3) is 2.64. The van der Waals surface area contributed by atoms with Crippen molar-refractivity contribution in [2.45, 2.75) is 6.92 Å². The number of nitrogens with one attached hydrogen (secondary N) is 1. The number of aryl methyl sites for hydroxylation is 1. The van der Waals surface area contributed by atoms with Crippen LogP contribution < -0.4 is 5.32 Å². The number of fused-ring (bicyclic) bond motifs is 1. The molecule has 0 saturated heterocycles. The van der Waals surface area contributed by atoms with Gasteiger partial charge in [0.25, 0.3) is 5.78 Å². The van der Waals surface area contributed by atoms with Gasteiger partial charge in [0.15, 0.2) is 5.82 Å². The minimum absolute atomic E-state index is 0.585. The summed E-state index contributed by atoms with van der Waals surface area (Å²) in [4.78, 5) is 9.02. The van der Waals surface area contributed by atoms with Crippen molar-refractivity contribution in [3.05, 3.63) is 72.4 Å². The highest BCUT2D eigenvalue weighted by Gasteiger charge is 2.11. The van der Waals surface area contributed by atoms with E-state index in [2.05, 4.69) is 20.4 Å². The number of benzene rings is 2. The van der Waals surface area contributed by atoms with Crippen LogP contribution in [0.1, 0.15) is 5.69 Å². The minimum atomic E-state index is 0.585. The molecule has 0 fully saturated rings. The molecule has 0 unspecified atom stereocenters. The Balaban J connectivity index is 1.83. The molecule has 0 aliphatic rings. The van der Waals surface area contributed by atoms with E-state index in [9.17, 15) is 0 Å². The number of anilines is 2. The average molecular weight is 301 g/mol. The lowest BCUT2D eigenvalue weighted by Gasteiger charge is -2.08. The van der Waals surface area contributed by atoms with Crippen molar-refractivity contribution in [3.63, 3.8) is 0 Å². The van der Waals surface area contributed by atoms with E-state index in [0.717, 1.165) is 22.8 Å². The van der Waals surface area contributed by atoms with Gasteiger partial charge in [0.1, 0.15) is 5.82 Å². The number of aromatic nitrogens is 4. The third-order valence-corrected chi connectivity index (χ3v) is 3.52. The van der Waals surface area contributed by atoms with Crippen molar-refractivity contribution < 1.29 is 0 Å². The Labute approximate surface area is 133 Å². The Morgan fingerprint density at radius 1 is 0.870 bits per heavy atom. The Kier molecular flexibility index (Phi) is 3.24. The van der Waals surface area contributed by atoms with Crippen LogP contribution in [0, 0.1) is 6.92 Å². The fraction of sp³-hybridized carbons (Fsp3) is 0.0556. The number of hydrogen-bond donors (Lipinski definition) is 1. The second-order valence-electron chi connectivity index (χ2n) is 5.29. The molecular formula is C18H15N5. The number of para-hydroxylation sites is 1. The Hall–Kier alpha value is -3.21. The summed E-state index contributed by atoms with van der Waals surface area (Å²) in [5, 5.41) is 7.97. The minimum Gasteiger partial charge on any atom is -0.340 e. The predicted octanol–water partition coefficient (Wildman–Crippen LogP) is 3.84. The van der Waals surface area contributed by atoms with Crippen LogP contribution in [-0.2, 0) is 0 Å². The van der Waals surface area contributed by atoms with Gasteiger partial charge in [-0.2, -0.15) is 9.50 Å². The molecular weight excluding hydrogens is 286 g/mol. The molecule has 0 atom stereocenters. The topological polar surface area (TPSA) is 55.1 Å². The van der Waals surface area contributed by atoms with E-state index in [-0.39, 0.29) is 0 Å². The molecule has 2 heterocycles. The van der Waals surface area contributed by atoms with E-state index in [0.29, 0.717) is 11.6 Å². The van der Waals surface area contributed by atoms with Gasteiger partial charge in [-0.25, -0.2) is 4.98 Å². The van der Waals surface area contributed by atoms with E-state index in [4.69, 9.17) is 0 Å². The van der Waals surface area contributed by atoms with Crippen molar-refractivity contribution in [3.8, 4) is 11.4 Å². The van der Waals surface area contributed by atoms with Crippen LogP contribution in [0.15, 0.2) is 66.7 Å². The second kappa shape index (κ2) is 5.53. The maximum absolute atomic E-state index is 4.60. The lowest BCUT2D eigenvalue weighted by molar-refractivity contribution is 0.940. The molecule has 5 heteroatoms. The first-order valence-corrected chi connectivity index (χ1v) is 7.41. The van der Waals surface area contributed by atoms with E-state index in [1.165, 1.54) is 0 Å². The van der Waals surface area contributed by atoms with Gasteiger partial charge in [-0.1, -0.05) is 48.5 Å². The predicted molar refractivity (Wildman–Crippen MR) is 90.7 cm³/mol. The molecule has 2 aromatic carbocycles. The summed E-state index contributed by atoms with van der Waals surface area (Å²) >= 11 is 0. The van der Waals surface area contributed by atoms with Gasteiger partial charge in [-0.15, -0.1) is 5.10 Å². The van der Waals surface area contributed by atoms with Gasteiger partial charge in [-0.3, -0.25) is 0 Å². The first-order valence-electron chi connectivity index (χ1n) is 7.41. The molecule has 0 amide bonds. The van der Waals surface area contributed by atoms with Crippen molar-refractivity contribution in [2.75, 3.05) is 5.32 Å². The molecule has 112 valence electrons. The summed E-state index contributed by atoms with van der Waals surface area (Å²) < 4.78 is 1.74. The smallest absolute Gasteiger partial charge is 0.254 e. The molecule has 0 aliphatic heterocycles.